The zero-order valence-electron chi connectivity index (χ0n) is 12.9. The van der Waals surface area contributed by atoms with Crippen molar-refractivity contribution in [3.8, 4) is 0 Å². The molecule has 0 unspecified atom stereocenters. The molecule has 0 nitrogen and oxygen atoms in total. The summed E-state index contributed by atoms with van der Waals surface area (Å²) < 4.78 is 20.4. The van der Waals surface area contributed by atoms with Crippen LogP contribution in [0.15, 0.2) is 17.5 Å². The van der Waals surface area contributed by atoms with Crippen molar-refractivity contribution in [2.45, 2.75) is 72.6 Å². The topological polar surface area (TPSA) is 0 Å². The van der Waals surface area contributed by atoms with Crippen molar-refractivity contribution in [2.75, 3.05) is 0 Å². The van der Waals surface area contributed by atoms with Crippen LogP contribution >= 0.6 is 11.3 Å². The quantitative estimate of drug-likeness (QED) is 0.415. The van der Waals surface area contributed by atoms with E-state index in [0.29, 0.717) is 0 Å². The zero-order chi connectivity index (χ0) is 14.2. The number of thiophene rings is 1. The van der Waals surface area contributed by atoms with Gasteiger partial charge in [-0.25, -0.2) is 0 Å². The SMILES string of the molecule is CCC[CH2][Sn-]([F])([CH2]CCC)([CH2]CCC)[c]1cccs1. The summed E-state index contributed by atoms with van der Waals surface area (Å²) in [6, 6.07) is 4.16. The molecule has 0 atom stereocenters. The van der Waals surface area contributed by atoms with E-state index in [1.165, 1.54) is 2.89 Å². The molecule has 0 radical (unpaired) electrons. The van der Waals surface area contributed by atoms with Crippen LogP contribution in [0.2, 0.25) is 13.3 Å². The Kier molecular flexibility index (Phi) is 7.37. The predicted octanol–water partition coefficient (Wildman–Crippen LogP) is 6.22. The van der Waals surface area contributed by atoms with E-state index in [0.717, 1.165) is 51.8 Å². The van der Waals surface area contributed by atoms with E-state index in [1.807, 2.05) is 0 Å². The predicted molar refractivity (Wildman–Crippen MR) is 90.0 cm³/mol. The van der Waals surface area contributed by atoms with Gasteiger partial charge in [0.25, 0.3) is 0 Å². The van der Waals surface area contributed by atoms with E-state index in [9.17, 15) is 0 Å². The zero-order valence-corrected chi connectivity index (χ0v) is 16.6. The van der Waals surface area contributed by atoms with Crippen LogP contribution in [0.5, 0.6) is 0 Å². The van der Waals surface area contributed by atoms with Crippen LogP contribution in [0.25, 0.3) is 0 Å². The van der Waals surface area contributed by atoms with Gasteiger partial charge in [-0.05, 0) is 0 Å². The first-order chi connectivity index (χ1) is 9.09. The summed E-state index contributed by atoms with van der Waals surface area (Å²) in [5, 5.41) is 2.08. The number of hydrogen-bond acceptors (Lipinski definition) is 1. The maximum atomic E-state index is 16.5. The van der Waals surface area contributed by atoms with Crippen LogP contribution in [-0.2, 0) is 0 Å². The molecule has 0 spiro atoms. The molecule has 1 aromatic heterocycles. The minimum absolute atomic E-state index is 0.901. The number of hydrogen-bond donors (Lipinski definition) is 0. The van der Waals surface area contributed by atoms with Crippen molar-refractivity contribution >= 4 is 31.8 Å². The molecule has 0 saturated carbocycles. The van der Waals surface area contributed by atoms with E-state index >= 15 is 2.87 Å². The molecule has 19 heavy (non-hydrogen) atoms. The van der Waals surface area contributed by atoms with Crippen molar-refractivity contribution in [3.05, 3.63) is 17.5 Å². The molecule has 1 heterocycles. The molecule has 1 rings (SSSR count). The van der Waals surface area contributed by atoms with Gasteiger partial charge in [0.15, 0.2) is 0 Å². The summed E-state index contributed by atoms with van der Waals surface area (Å²) in [5.41, 5.74) is 0. The maximum absolute atomic E-state index is 16.5. The Morgan fingerprint density at radius 3 is 1.74 bits per heavy atom. The van der Waals surface area contributed by atoms with Gasteiger partial charge in [-0.1, -0.05) is 0 Å². The Balaban J connectivity index is 3.07. The molecule has 0 amide bonds. The Morgan fingerprint density at radius 2 is 1.42 bits per heavy atom. The van der Waals surface area contributed by atoms with Crippen molar-refractivity contribution in [3.63, 3.8) is 0 Å². The van der Waals surface area contributed by atoms with Crippen LogP contribution in [0.4, 0.5) is 2.87 Å². The first kappa shape index (κ1) is 17.5. The molecule has 1 aromatic rings. The number of rotatable bonds is 10. The molecule has 0 aromatic carbocycles. The summed E-state index contributed by atoms with van der Waals surface area (Å²) >= 11 is -2.48. The molecule has 0 bridgehead atoms. The van der Waals surface area contributed by atoms with Gasteiger partial charge in [0.2, 0.25) is 0 Å². The second kappa shape index (κ2) is 8.01. The van der Waals surface area contributed by atoms with E-state index < -0.39 is 17.6 Å². The summed E-state index contributed by atoms with van der Waals surface area (Å²) in [6.07, 6.45) is 6.60. The molecule has 0 fully saturated rings. The summed E-state index contributed by atoms with van der Waals surface area (Å²) in [7, 11) is 0. The van der Waals surface area contributed by atoms with E-state index in [-0.39, 0.29) is 0 Å². The second-order valence-corrected chi connectivity index (χ2v) is 24.0. The average molecular weight is 392 g/mol. The van der Waals surface area contributed by atoms with Gasteiger partial charge in [0, 0.05) is 0 Å². The Morgan fingerprint density at radius 1 is 0.947 bits per heavy atom. The monoisotopic (exact) mass is 393 g/mol. The van der Waals surface area contributed by atoms with Crippen molar-refractivity contribution in [2.24, 2.45) is 0 Å². The molecular weight excluding hydrogens is 362 g/mol. The van der Waals surface area contributed by atoms with Crippen LogP contribution in [0.3, 0.4) is 0 Å². The normalized spacial score (nSPS) is 14.2. The van der Waals surface area contributed by atoms with Crippen molar-refractivity contribution in [1.82, 2.24) is 0 Å². The average Bonchev–Trinajstić information content (AvgIpc) is 2.97. The summed E-state index contributed by atoms with van der Waals surface area (Å²) in [4.78, 5) is 0. The molecular formula is C16H30FSSn-. The van der Waals surface area contributed by atoms with Gasteiger partial charge in [0.1, 0.15) is 0 Å². The Bertz CT molecular complexity index is 323. The minimum atomic E-state index is -4.18. The molecule has 0 N–H and O–H groups in total. The number of unbranched alkanes of at least 4 members (excludes halogenated alkanes) is 3. The Labute approximate surface area is 124 Å². The molecule has 0 saturated heterocycles. The number of halogens is 1. The molecule has 3 heteroatoms. The Hall–Kier alpha value is 0.429. The third-order valence-electron chi connectivity index (χ3n) is 4.45. The standard InChI is InChI=1S/C4H3S.3C4H9.FH.Sn/c1-2-4-5-3-1;3*1-3-4-2;;/h1-3H;3*1,3-4H2,2H3;1H;/p-1. The van der Waals surface area contributed by atoms with Crippen LogP contribution in [-0.4, -0.2) is 17.6 Å². The molecule has 0 aliphatic rings. The van der Waals surface area contributed by atoms with E-state index in [1.54, 1.807) is 11.3 Å². The van der Waals surface area contributed by atoms with E-state index in [2.05, 4.69) is 38.3 Å². The summed E-state index contributed by atoms with van der Waals surface area (Å²) in [5.74, 6) is 0. The van der Waals surface area contributed by atoms with Gasteiger partial charge < -0.3 is 0 Å². The van der Waals surface area contributed by atoms with Crippen molar-refractivity contribution < 1.29 is 2.87 Å². The fourth-order valence-corrected chi connectivity index (χ4v) is 24.7. The van der Waals surface area contributed by atoms with Crippen LogP contribution < -0.4 is 2.89 Å². The molecule has 0 aliphatic carbocycles. The van der Waals surface area contributed by atoms with Gasteiger partial charge in [-0.15, -0.1) is 0 Å². The van der Waals surface area contributed by atoms with Gasteiger partial charge >= 0.3 is 125 Å². The summed E-state index contributed by atoms with van der Waals surface area (Å²) in [6.45, 7) is 6.57. The van der Waals surface area contributed by atoms with Crippen molar-refractivity contribution in [1.29, 1.82) is 0 Å². The molecule has 0 aliphatic heterocycles. The fourth-order valence-electron chi connectivity index (χ4n) is 3.12. The first-order valence-corrected chi connectivity index (χ1v) is 17.5. The van der Waals surface area contributed by atoms with Gasteiger partial charge in [0.05, 0.1) is 0 Å². The second-order valence-electron chi connectivity index (χ2n) is 6.06. The van der Waals surface area contributed by atoms with E-state index in [4.69, 9.17) is 0 Å². The fraction of sp³-hybridized carbons (Fsp3) is 0.750. The van der Waals surface area contributed by atoms with Crippen LogP contribution in [0.1, 0.15) is 59.3 Å². The third kappa shape index (κ3) is 4.45. The van der Waals surface area contributed by atoms with Gasteiger partial charge in [-0.2, -0.15) is 0 Å². The third-order valence-corrected chi connectivity index (χ3v) is 26.4. The molecule has 112 valence electrons. The first-order valence-electron chi connectivity index (χ1n) is 8.02. The van der Waals surface area contributed by atoms with Gasteiger partial charge in [-0.3, -0.25) is 0 Å². The van der Waals surface area contributed by atoms with Crippen LogP contribution in [0, 0.1) is 0 Å².